The first-order valence-corrected chi connectivity index (χ1v) is 4.50. The molecule has 0 aliphatic rings. The third-order valence-corrected chi connectivity index (χ3v) is 2.35. The molecule has 0 bridgehead atoms. The quantitative estimate of drug-likeness (QED) is 0.630. The molecule has 2 aromatic rings. The van der Waals surface area contributed by atoms with Crippen LogP contribution in [0.3, 0.4) is 0 Å². The van der Waals surface area contributed by atoms with Crippen LogP contribution in [0.15, 0.2) is 12.1 Å². The van der Waals surface area contributed by atoms with E-state index in [-0.39, 0.29) is 0 Å². The number of aromatic nitrogens is 2. The highest BCUT2D eigenvalue weighted by Crippen LogP contribution is 2.18. The van der Waals surface area contributed by atoms with Crippen LogP contribution in [0.2, 0.25) is 0 Å². The Labute approximate surface area is 82.6 Å². The molecule has 0 N–H and O–H groups in total. The molecule has 2 heterocycles. The van der Waals surface area contributed by atoms with Gasteiger partial charge in [0.2, 0.25) is 0 Å². The molecule has 0 radical (unpaired) electrons. The Bertz CT molecular complexity index is 544. The van der Waals surface area contributed by atoms with E-state index < -0.39 is 0 Å². The molecule has 0 spiro atoms. The molecule has 0 saturated heterocycles. The minimum absolute atomic E-state index is 0.719. The van der Waals surface area contributed by atoms with Crippen LogP contribution in [0.25, 0.3) is 5.52 Å². The van der Waals surface area contributed by atoms with Crippen molar-refractivity contribution in [3.63, 3.8) is 0 Å². The predicted molar refractivity (Wildman–Crippen MR) is 54.1 cm³/mol. The first-order chi connectivity index (χ1) is 6.63. The normalized spacial score (nSPS) is 10.4. The molecule has 14 heavy (non-hydrogen) atoms. The Kier molecular flexibility index (Phi) is 1.78. The van der Waals surface area contributed by atoms with Crippen molar-refractivity contribution in [1.29, 1.82) is 5.26 Å². The van der Waals surface area contributed by atoms with Gasteiger partial charge in [0.05, 0.1) is 16.8 Å². The van der Waals surface area contributed by atoms with Gasteiger partial charge in [0.1, 0.15) is 6.07 Å². The lowest BCUT2D eigenvalue weighted by Gasteiger charge is -2.03. The summed E-state index contributed by atoms with van der Waals surface area (Å²) >= 11 is 0. The van der Waals surface area contributed by atoms with Gasteiger partial charge in [-0.2, -0.15) is 10.4 Å². The largest absolute Gasteiger partial charge is 0.236 e. The lowest BCUT2D eigenvalue weighted by Crippen LogP contribution is -1.97. The summed E-state index contributed by atoms with van der Waals surface area (Å²) < 4.78 is 1.82. The lowest BCUT2D eigenvalue weighted by atomic mass is 10.1. The van der Waals surface area contributed by atoms with Gasteiger partial charge in [-0.15, -0.1) is 0 Å². The molecule has 0 fully saturated rings. The number of fused-ring (bicyclic) bond motifs is 1. The molecule has 0 saturated carbocycles. The zero-order valence-corrected chi connectivity index (χ0v) is 8.50. The number of hydrogen-bond donors (Lipinski definition) is 0. The van der Waals surface area contributed by atoms with E-state index in [9.17, 15) is 0 Å². The van der Waals surface area contributed by atoms with Gasteiger partial charge in [-0.3, -0.25) is 0 Å². The smallest absolute Gasteiger partial charge is 0.102 e. The Balaban J connectivity index is 2.99. The molecule has 70 valence electrons. The van der Waals surface area contributed by atoms with Crippen molar-refractivity contribution >= 4 is 5.52 Å². The molecule has 2 aromatic heterocycles. The van der Waals surface area contributed by atoms with Crippen molar-refractivity contribution in [1.82, 2.24) is 9.61 Å². The molecule has 3 heteroatoms. The summed E-state index contributed by atoms with van der Waals surface area (Å²) in [6, 6.07) is 6.15. The maximum Gasteiger partial charge on any atom is 0.102 e. The minimum atomic E-state index is 0.719. The van der Waals surface area contributed by atoms with Crippen LogP contribution in [0.5, 0.6) is 0 Å². The van der Waals surface area contributed by atoms with E-state index >= 15 is 0 Å². The summed E-state index contributed by atoms with van der Waals surface area (Å²) in [5.41, 5.74) is 4.64. The molecule has 0 amide bonds. The second kappa shape index (κ2) is 2.85. The Morgan fingerprint density at radius 1 is 1.29 bits per heavy atom. The highest BCUT2D eigenvalue weighted by molar-refractivity contribution is 5.64. The monoisotopic (exact) mass is 185 g/mol. The van der Waals surface area contributed by atoms with Gasteiger partial charge in [-0.25, -0.2) is 4.52 Å². The molecule has 0 unspecified atom stereocenters. The number of aryl methyl sites for hydroxylation is 3. The SMILES string of the molecule is Cc1cc2c(C#N)c(C)cc(C)n2n1. The van der Waals surface area contributed by atoms with Gasteiger partial charge in [0.15, 0.2) is 0 Å². The van der Waals surface area contributed by atoms with E-state index in [0.29, 0.717) is 0 Å². The number of nitriles is 1. The fraction of sp³-hybridized carbons (Fsp3) is 0.273. The van der Waals surface area contributed by atoms with Crippen LogP contribution < -0.4 is 0 Å². The molecule has 0 atom stereocenters. The van der Waals surface area contributed by atoms with Crippen molar-refractivity contribution < 1.29 is 0 Å². The molecular formula is C11H11N3. The average molecular weight is 185 g/mol. The number of pyridine rings is 1. The van der Waals surface area contributed by atoms with Crippen LogP contribution in [-0.4, -0.2) is 9.61 Å². The van der Waals surface area contributed by atoms with Crippen molar-refractivity contribution in [2.24, 2.45) is 0 Å². The van der Waals surface area contributed by atoms with Crippen LogP contribution in [0.4, 0.5) is 0 Å². The van der Waals surface area contributed by atoms with Crippen molar-refractivity contribution in [3.8, 4) is 6.07 Å². The first-order valence-electron chi connectivity index (χ1n) is 4.50. The van der Waals surface area contributed by atoms with Gasteiger partial charge >= 0.3 is 0 Å². The van der Waals surface area contributed by atoms with Crippen LogP contribution >= 0.6 is 0 Å². The second-order valence-electron chi connectivity index (χ2n) is 3.54. The molecule has 0 aliphatic heterocycles. The van der Waals surface area contributed by atoms with Gasteiger partial charge in [-0.1, -0.05) is 0 Å². The standard InChI is InChI=1S/C11H11N3/c1-7-4-9(3)14-11(10(7)6-12)5-8(2)13-14/h4-5H,1-3H3. The van der Waals surface area contributed by atoms with Crippen molar-refractivity contribution in [2.75, 3.05) is 0 Å². The third-order valence-electron chi connectivity index (χ3n) is 2.35. The van der Waals surface area contributed by atoms with Crippen LogP contribution in [0.1, 0.15) is 22.5 Å². The van der Waals surface area contributed by atoms with E-state index in [1.165, 1.54) is 0 Å². The summed E-state index contributed by atoms with van der Waals surface area (Å²) in [5.74, 6) is 0. The fourth-order valence-electron chi connectivity index (χ4n) is 1.74. The predicted octanol–water partition coefficient (Wildman–Crippen LogP) is 2.13. The molecule has 2 rings (SSSR count). The minimum Gasteiger partial charge on any atom is -0.236 e. The Morgan fingerprint density at radius 3 is 2.64 bits per heavy atom. The third kappa shape index (κ3) is 1.08. The summed E-state index contributed by atoms with van der Waals surface area (Å²) in [4.78, 5) is 0. The highest BCUT2D eigenvalue weighted by Gasteiger charge is 2.08. The summed E-state index contributed by atoms with van der Waals surface area (Å²) in [5, 5.41) is 13.4. The topological polar surface area (TPSA) is 41.1 Å². The molecule has 3 nitrogen and oxygen atoms in total. The number of hydrogen-bond acceptors (Lipinski definition) is 2. The highest BCUT2D eigenvalue weighted by atomic mass is 15.2. The van der Waals surface area contributed by atoms with Crippen LogP contribution in [0, 0.1) is 32.1 Å². The summed E-state index contributed by atoms with van der Waals surface area (Å²) in [7, 11) is 0. The molecule has 0 aromatic carbocycles. The average Bonchev–Trinajstić information content (AvgIpc) is 2.48. The summed E-state index contributed by atoms with van der Waals surface area (Å²) in [6.07, 6.45) is 0. The van der Waals surface area contributed by atoms with E-state index in [1.54, 1.807) is 0 Å². The number of rotatable bonds is 0. The summed E-state index contributed by atoms with van der Waals surface area (Å²) in [6.45, 7) is 5.88. The molecule has 0 aliphatic carbocycles. The Morgan fingerprint density at radius 2 is 2.00 bits per heavy atom. The van der Waals surface area contributed by atoms with Crippen molar-refractivity contribution in [2.45, 2.75) is 20.8 Å². The second-order valence-corrected chi connectivity index (χ2v) is 3.54. The van der Waals surface area contributed by atoms with E-state index in [1.807, 2.05) is 37.4 Å². The zero-order chi connectivity index (χ0) is 10.3. The van der Waals surface area contributed by atoms with Gasteiger partial charge in [0, 0.05) is 5.69 Å². The fourth-order valence-corrected chi connectivity index (χ4v) is 1.74. The van der Waals surface area contributed by atoms with Crippen LogP contribution in [-0.2, 0) is 0 Å². The first kappa shape index (κ1) is 8.76. The van der Waals surface area contributed by atoms with E-state index in [0.717, 1.165) is 28.0 Å². The van der Waals surface area contributed by atoms with Gasteiger partial charge in [0.25, 0.3) is 0 Å². The number of nitrogens with zero attached hydrogens (tertiary/aromatic N) is 3. The Hall–Kier alpha value is -1.82. The lowest BCUT2D eigenvalue weighted by molar-refractivity contribution is 0.889. The maximum atomic E-state index is 9.03. The van der Waals surface area contributed by atoms with Gasteiger partial charge < -0.3 is 0 Å². The van der Waals surface area contributed by atoms with Gasteiger partial charge in [-0.05, 0) is 38.5 Å². The molecular weight excluding hydrogens is 174 g/mol. The zero-order valence-electron chi connectivity index (χ0n) is 8.50. The van der Waals surface area contributed by atoms with Crippen molar-refractivity contribution in [3.05, 3.63) is 34.6 Å². The van der Waals surface area contributed by atoms with E-state index in [2.05, 4.69) is 11.2 Å². The van der Waals surface area contributed by atoms with E-state index in [4.69, 9.17) is 5.26 Å². The maximum absolute atomic E-state index is 9.03.